The second-order valence-electron chi connectivity index (χ2n) is 13.1. The number of esters is 1. The minimum atomic E-state index is -1.16. The van der Waals surface area contributed by atoms with Gasteiger partial charge in [-0.1, -0.05) is 97.1 Å². The first-order valence-electron chi connectivity index (χ1n) is 16.5. The van der Waals surface area contributed by atoms with E-state index >= 15 is 0 Å². The summed E-state index contributed by atoms with van der Waals surface area (Å²) in [6.45, 7) is 5.04. The predicted molar refractivity (Wildman–Crippen MR) is 189 cm³/mol. The van der Waals surface area contributed by atoms with Crippen LogP contribution in [0.5, 0.6) is 0 Å². The van der Waals surface area contributed by atoms with Gasteiger partial charge in [-0.05, 0) is 60.2 Å². The van der Waals surface area contributed by atoms with E-state index < -0.39 is 42.3 Å². The number of hydrogen-bond donors (Lipinski definition) is 2. The summed E-state index contributed by atoms with van der Waals surface area (Å²) < 4.78 is 18.1. The maximum absolute atomic E-state index is 13.6. The van der Waals surface area contributed by atoms with Crippen molar-refractivity contribution < 1.29 is 33.4 Å². The smallest absolute Gasteiger partial charge is 0.419 e. The molecule has 50 heavy (non-hydrogen) atoms. The number of nitrogens with one attached hydrogen (secondary N) is 2. The molecule has 0 unspecified atom stereocenters. The van der Waals surface area contributed by atoms with Gasteiger partial charge in [-0.25, -0.2) is 9.59 Å². The Morgan fingerprint density at radius 3 is 2.08 bits per heavy atom. The fourth-order valence-corrected chi connectivity index (χ4v) is 6.16. The zero-order valence-corrected chi connectivity index (χ0v) is 28.2. The van der Waals surface area contributed by atoms with Crippen LogP contribution in [0.1, 0.15) is 48.9 Å². The lowest BCUT2D eigenvalue weighted by molar-refractivity contribution is -0.145. The summed E-state index contributed by atoms with van der Waals surface area (Å²) in [7, 11) is 0. The van der Waals surface area contributed by atoms with Crippen LogP contribution < -0.4 is 10.6 Å². The highest BCUT2D eigenvalue weighted by molar-refractivity contribution is 5.94. The molecule has 0 fully saturated rings. The number of carbonyl (C=O) groups excluding carboxylic acids is 4. The Morgan fingerprint density at radius 1 is 0.780 bits per heavy atom. The summed E-state index contributed by atoms with van der Waals surface area (Å²) in [5, 5.41) is 6.01. The van der Waals surface area contributed by atoms with Crippen LogP contribution in [0, 0.1) is 0 Å². The molecular weight excluding hydrogens is 634 g/mol. The topological polar surface area (TPSA) is 125 Å². The van der Waals surface area contributed by atoms with Gasteiger partial charge in [-0.2, -0.15) is 0 Å². The molecule has 0 saturated heterocycles. The highest BCUT2D eigenvalue weighted by Crippen LogP contribution is 2.44. The van der Waals surface area contributed by atoms with Crippen LogP contribution in [0.15, 0.2) is 109 Å². The highest BCUT2D eigenvalue weighted by Gasteiger charge is 2.31. The van der Waals surface area contributed by atoms with Gasteiger partial charge in [0.1, 0.15) is 31.4 Å². The van der Waals surface area contributed by atoms with E-state index in [1.807, 2.05) is 91.0 Å². The third-order valence-corrected chi connectivity index (χ3v) is 8.41. The van der Waals surface area contributed by atoms with Crippen molar-refractivity contribution in [2.24, 2.45) is 0 Å². The van der Waals surface area contributed by atoms with Crippen molar-refractivity contribution in [1.29, 1.82) is 0 Å². The third-order valence-electron chi connectivity index (χ3n) is 8.41. The van der Waals surface area contributed by atoms with Crippen LogP contribution in [-0.2, 0) is 36.8 Å². The lowest BCUT2D eigenvalue weighted by Gasteiger charge is -2.20. The van der Waals surface area contributed by atoms with E-state index in [1.54, 1.807) is 39.1 Å². The maximum Gasteiger partial charge on any atom is 0.419 e. The minimum absolute atomic E-state index is 0.00853. The fraction of sp³-hybridized carbons (Fsp3) is 0.250. The SMILES string of the molecule is CC(C)(C)OC(=O)n1cc(C[C@H](NC(=O)OCC2c3ccccc3-c3ccccc32)C(=O)NCC(=O)OCc2ccccc2)c2ccccc21. The molecule has 10 nitrogen and oxygen atoms in total. The molecule has 2 N–H and O–H groups in total. The standard InChI is InChI=1S/C40H39N3O7/c1-40(2,3)50-39(47)43-23-27(28-15-11-12-20-35(28)43)21-34(37(45)41-22-36(44)48-24-26-13-5-4-6-14-26)42-38(46)49-25-33-31-18-9-7-16-29(31)30-17-8-10-19-32(30)33/h4-20,23,33-34H,21-22,24-25H2,1-3H3,(H,41,45)(H,42,46)/t34-/m0/s1. The molecule has 0 spiro atoms. The molecular formula is C40H39N3O7. The number of alkyl carbamates (subject to hydrolysis) is 1. The molecule has 1 atom stereocenters. The van der Waals surface area contributed by atoms with Crippen molar-refractivity contribution in [3.63, 3.8) is 0 Å². The molecule has 4 aromatic carbocycles. The Balaban J connectivity index is 1.19. The van der Waals surface area contributed by atoms with Crippen molar-refractivity contribution in [3.05, 3.63) is 132 Å². The van der Waals surface area contributed by atoms with Crippen molar-refractivity contribution >= 4 is 35.0 Å². The Labute approximate surface area is 290 Å². The number of benzene rings is 4. The molecule has 10 heteroatoms. The first kappa shape index (κ1) is 34.0. The molecule has 1 aliphatic carbocycles. The Morgan fingerprint density at radius 2 is 1.40 bits per heavy atom. The largest absolute Gasteiger partial charge is 0.460 e. The normalized spacial score (nSPS) is 12.8. The van der Waals surface area contributed by atoms with E-state index in [1.165, 1.54) is 4.57 Å². The van der Waals surface area contributed by atoms with Crippen molar-refractivity contribution in [2.45, 2.75) is 51.4 Å². The van der Waals surface area contributed by atoms with Gasteiger partial charge in [0.15, 0.2) is 0 Å². The molecule has 0 bridgehead atoms. The average molecular weight is 674 g/mol. The Bertz CT molecular complexity index is 1980. The number of rotatable bonds is 10. The third kappa shape index (κ3) is 7.86. The molecule has 1 heterocycles. The highest BCUT2D eigenvalue weighted by atomic mass is 16.6. The lowest BCUT2D eigenvalue weighted by atomic mass is 9.98. The Hall–Kier alpha value is -5.90. The summed E-state index contributed by atoms with van der Waals surface area (Å²) in [5.41, 5.74) is 5.57. The number of amides is 2. The lowest BCUT2D eigenvalue weighted by Crippen LogP contribution is -2.49. The molecule has 6 rings (SSSR count). The van der Waals surface area contributed by atoms with E-state index in [4.69, 9.17) is 14.2 Å². The number of ether oxygens (including phenoxy) is 3. The maximum atomic E-state index is 13.6. The average Bonchev–Trinajstić information content (AvgIpc) is 3.64. The van der Waals surface area contributed by atoms with Crippen LogP contribution in [-0.4, -0.2) is 53.4 Å². The summed E-state index contributed by atoms with van der Waals surface area (Å²) in [6.07, 6.45) is 0.221. The van der Waals surface area contributed by atoms with Crippen molar-refractivity contribution in [3.8, 4) is 11.1 Å². The van der Waals surface area contributed by atoms with Crippen LogP contribution in [0.25, 0.3) is 22.0 Å². The molecule has 256 valence electrons. The monoisotopic (exact) mass is 673 g/mol. The number of aromatic nitrogens is 1. The van der Waals surface area contributed by atoms with Gasteiger partial charge >= 0.3 is 18.2 Å². The Kier molecular flexibility index (Phi) is 9.99. The number of nitrogens with zero attached hydrogens (tertiary/aromatic N) is 1. The van der Waals surface area contributed by atoms with E-state index in [0.717, 1.165) is 27.8 Å². The predicted octanol–water partition coefficient (Wildman–Crippen LogP) is 6.73. The van der Waals surface area contributed by atoms with Crippen molar-refractivity contribution in [1.82, 2.24) is 15.2 Å². The van der Waals surface area contributed by atoms with Gasteiger partial charge in [0.05, 0.1) is 5.52 Å². The summed E-state index contributed by atoms with van der Waals surface area (Å²) in [4.78, 5) is 52.7. The van der Waals surface area contributed by atoms with E-state index in [-0.39, 0.29) is 25.6 Å². The summed E-state index contributed by atoms with van der Waals surface area (Å²) >= 11 is 0. The van der Waals surface area contributed by atoms with Crippen LogP contribution >= 0.6 is 0 Å². The molecule has 2 amide bonds. The van der Waals surface area contributed by atoms with Gasteiger partial charge < -0.3 is 24.8 Å². The van der Waals surface area contributed by atoms with E-state index in [0.29, 0.717) is 16.5 Å². The number of fused-ring (bicyclic) bond motifs is 4. The van der Waals surface area contributed by atoms with Crippen LogP contribution in [0.4, 0.5) is 9.59 Å². The number of para-hydroxylation sites is 1. The van der Waals surface area contributed by atoms with Gasteiger partial charge in [0.2, 0.25) is 5.91 Å². The molecule has 1 aliphatic rings. The minimum Gasteiger partial charge on any atom is -0.460 e. The number of hydrogen-bond acceptors (Lipinski definition) is 7. The molecule has 0 aliphatic heterocycles. The molecule has 0 radical (unpaired) electrons. The van der Waals surface area contributed by atoms with Gasteiger partial charge in [-0.3, -0.25) is 14.2 Å². The van der Waals surface area contributed by atoms with Crippen LogP contribution in [0.2, 0.25) is 0 Å². The second-order valence-corrected chi connectivity index (χ2v) is 13.1. The fourth-order valence-electron chi connectivity index (χ4n) is 6.16. The zero-order chi connectivity index (χ0) is 35.3. The first-order chi connectivity index (χ1) is 24.1. The number of carbonyl (C=O) groups is 4. The summed E-state index contributed by atoms with van der Waals surface area (Å²) in [5.74, 6) is -1.43. The second kappa shape index (κ2) is 14.7. The van der Waals surface area contributed by atoms with Crippen LogP contribution in [0.3, 0.4) is 0 Å². The molecule has 1 aromatic heterocycles. The first-order valence-corrected chi connectivity index (χ1v) is 16.5. The zero-order valence-electron chi connectivity index (χ0n) is 28.2. The quantitative estimate of drug-likeness (QED) is 0.124. The van der Waals surface area contributed by atoms with Gasteiger partial charge in [0, 0.05) is 23.9 Å². The van der Waals surface area contributed by atoms with Gasteiger partial charge in [0.25, 0.3) is 0 Å². The summed E-state index contributed by atoms with van der Waals surface area (Å²) in [6, 6.07) is 31.3. The van der Waals surface area contributed by atoms with Gasteiger partial charge in [-0.15, -0.1) is 0 Å². The van der Waals surface area contributed by atoms with Crippen molar-refractivity contribution in [2.75, 3.05) is 13.2 Å². The molecule has 0 saturated carbocycles. The van der Waals surface area contributed by atoms with E-state index in [2.05, 4.69) is 10.6 Å². The van der Waals surface area contributed by atoms with E-state index in [9.17, 15) is 19.2 Å². The molecule has 5 aromatic rings.